The summed E-state index contributed by atoms with van der Waals surface area (Å²) in [5.74, 6) is -2.53. The Hall–Kier alpha value is -0.930. The first-order valence-electron chi connectivity index (χ1n) is 5.51. The number of aliphatic carboxylic acids is 2. The summed E-state index contributed by atoms with van der Waals surface area (Å²) in [4.78, 5) is 32.8. The van der Waals surface area contributed by atoms with Gasteiger partial charge >= 0.3 is 11.9 Å². The van der Waals surface area contributed by atoms with Gasteiger partial charge in [0.25, 0.3) is 0 Å². The minimum Gasteiger partial charge on any atom is -0.480 e. The molecule has 0 fully saturated rings. The van der Waals surface area contributed by atoms with Crippen LogP contribution in [0.4, 0.5) is 0 Å². The van der Waals surface area contributed by atoms with Crippen molar-refractivity contribution in [1.82, 2.24) is 5.32 Å². The molecule has 9 heteroatoms. The van der Waals surface area contributed by atoms with E-state index < -0.39 is 24.0 Å². The van der Waals surface area contributed by atoms with Gasteiger partial charge < -0.3 is 21.3 Å². The van der Waals surface area contributed by atoms with Crippen molar-refractivity contribution < 1.29 is 24.6 Å². The minimum atomic E-state index is -1.12. The Bertz CT molecular complexity index is 338. The predicted molar refractivity (Wildman–Crippen MR) is 74.9 cm³/mol. The molecule has 0 bridgehead atoms. The summed E-state index contributed by atoms with van der Waals surface area (Å²) in [6.07, 6.45) is 0. The molecule has 110 valence electrons. The molecule has 0 aliphatic carbocycles. The summed E-state index contributed by atoms with van der Waals surface area (Å²) in [5.41, 5.74) is 5.29. The van der Waals surface area contributed by atoms with Crippen LogP contribution in [0.15, 0.2) is 0 Å². The molecule has 0 unspecified atom stereocenters. The fourth-order valence-electron chi connectivity index (χ4n) is 0.822. The van der Waals surface area contributed by atoms with Crippen LogP contribution < -0.4 is 11.1 Å². The van der Waals surface area contributed by atoms with E-state index >= 15 is 0 Å². The normalized spacial score (nSPS) is 13.9. The average molecular weight is 310 g/mol. The Balaban J connectivity index is 4.06. The number of carbonyl (C=O) groups excluding carboxylic acids is 1. The zero-order valence-electron chi connectivity index (χ0n) is 10.7. The van der Waals surface area contributed by atoms with Crippen molar-refractivity contribution in [3.8, 4) is 0 Å². The smallest absolute Gasteiger partial charge is 0.327 e. The molecule has 7 nitrogen and oxygen atoms in total. The van der Waals surface area contributed by atoms with E-state index in [0.29, 0.717) is 0 Å². The number of carboxylic acid groups (broad SMARTS) is 2. The van der Waals surface area contributed by atoms with Gasteiger partial charge in [0.2, 0.25) is 5.91 Å². The van der Waals surface area contributed by atoms with Gasteiger partial charge in [0.15, 0.2) is 0 Å². The number of carbonyl (C=O) groups is 3. The first-order chi connectivity index (χ1) is 8.75. The van der Waals surface area contributed by atoms with Crippen molar-refractivity contribution >= 4 is 39.4 Å². The number of nitrogens with one attached hydrogen (secondary N) is 1. The largest absolute Gasteiger partial charge is 0.480 e. The molecule has 2 atom stereocenters. The van der Waals surface area contributed by atoms with Crippen molar-refractivity contribution in [2.24, 2.45) is 11.7 Å². The molecule has 0 radical (unpaired) electrons. The van der Waals surface area contributed by atoms with Crippen molar-refractivity contribution in [1.29, 1.82) is 0 Å². The highest BCUT2D eigenvalue weighted by Crippen LogP contribution is 2.22. The van der Waals surface area contributed by atoms with Crippen LogP contribution >= 0.6 is 21.6 Å². The highest BCUT2D eigenvalue weighted by atomic mass is 33.1. The molecule has 0 aromatic rings. The first-order valence-corrected chi connectivity index (χ1v) is 8.00. The summed E-state index contributed by atoms with van der Waals surface area (Å²) in [5, 5.41) is 19.9. The Morgan fingerprint density at radius 3 is 2.05 bits per heavy atom. The van der Waals surface area contributed by atoms with Gasteiger partial charge in [-0.2, -0.15) is 0 Å². The van der Waals surface area contributed by atoms with E-state index in [-0.39, 0.29) is 23.3 Å². The topological polar surface area (TPSA) is 130 Å². The number of rotatable bonds is 9. The van der Waals surface area contributed by atoms with E-state index in [2.05, 4.69) is 5.32 Å². The summed E-state index contributed by atoms with van der Waals surface area (Å²) < 4.78 is 0. The number of hydrogen-bond acceptors (Lipinski definition) is 6. The molecule has 0 aromatic carbocycles. The number of hydrogen-bond donors (Lipinski definition) is 4. The lowest BCUT2D eigenvalue weighted by Gasteiger charge is -2.15. The van der Waals surface area contributed by atoms with Gasteiger partial charge in [0, 0.05) is 17.4 Å². The van der Waals surface area contributed by atoms with Crippen molar-refractivity contribution in [2.75, 3.05) is 11.5 Å². The van der Waals surface area contributed by atoms with E-state index in [9.17, 15) is 14.4 Å². The van der Waals surface area contributed by atoms with Crippen LogP contribution in [-0.4, -0.2) is 51.6 Å². The SMILES string of the molecule is CC(C)C(=O)N[C@@H](CSSC[C@H](N)C(=O)O)C(=O)O. The molecule has 0 aliphatic heterocycles. The lowest BCUT2D eigenvalue weighted by atomic mass is 10.2. The van der Waals surface area contributed by atoms with Gasteiger partial charge in [-0.3, -0.25) is 9.59 Å². The fourth-order valence-corrected chi connectivity index (χ4v) is 3.09. The van der Waals surface area contributed by atoms with Crippen molar-refractivity contribution in [3.05, 3.63) is 0 Å². The molecule has 0 rings (SSSR count). The second kappa shape index (κ2) is 9.05. The first kappa shape index (κ1) is 18.1. The summed E-state index contributed by atoms with van der Waals surface area (Å²) in [6, 6.07) is -1.97. The third-order valence-electron chi connectivity index (χ3n) is 2.02. The molecule has 0 saturated heterocycles. The maximum absolute atomic E-state index is 11.4. The molecule has 0 heterocycles. The highest BCUT2D eigenvalue weighted by Gasteiger charge is 2.21. The monoisotopic (exact) mass is 310 g/mol. The zero-order valence-corrected chi connectivity index (χ0v) is 12.3. The number of nitrogens with two attached hydrogens (primary N) is 1. The average Bonchev–Trinajstić information content (AvgIpc) is 2.31. The second-order valence-corrected chi connectivity index (χ2v) is 6.62. The third-order valence-corrected chi connectivity index (χ3v) is 4.47. The summed E-state index contributed by atoms with van der Waals surface area (Å²) in [7, 11) is 2.33. The van der Waals surface area contributed by atoms with E-state index in [1.807, 2.05) is 0 Å². The standard InChI is InChI=1S/C10H18N2O5S2/c1-5(2)8(13)12-7(10(16)17)4-19-18-3-6(11)9(14)15/h5-7H,3-4,11H2,1-2H3,(H,12,13)(H,14,15)(H,16,17)/t6-,7-/m0/s1. The molecule has 0 aliphatic rings. The van der Waals surface area contributed by atoms with Gasteiger partial charge in [0.05, 0.1) is 0 Å². The predicted octanol–water partition coefficient (Wildman–Crippen LogP) is 0.00510. The van der Waals surface area contributed by atoms with Crippen LogP contribution in [-0.2, 0) is 14.4 Å². The molecule has 1 amide bonds. The maximum Gasteiger partial charge on any atom is 0.327 e. The molecule has 5 N–H and O–H groups in total. The van der Waals surface area contributed by atoms with E-state index in [0.717, 1.165) is 0 Å². The van der Waals surface area contributed by atoms with Gasteiger partial charge in [-0.25, -0.2) is 4.79 Å². The van der Waals surface area contributed by atoms with Crippen LogP contribution in [0.25, 0.3) is 0 Å². The zero-order chi connectivity index (χ0) is 15.0. The van der Waals surface area contributed by atoms with Gasteiger partial charge in [0.1, 0.15) is 12.1 Å². The number of carboxylic acids is 2. The van der Waals surface area contributed by atoms with Gasteiger partial charge in [-0.1, -0.05) is 35.4 Å². The van der Waals surface area contributed by atoms with Crippen LogP contribution in [0.2, 0.25) is 0 Å². The van der Waals surface area contributed by atoms with E-state index in [4.69, 9.17) is 15.9 Å². The summed E-state index contributed by atoms with van der Waals surface area (Å²) >= 11 is 0. The van der Waals surface area contributed by atoms with E-state index in [1.54, 1.807) is 13.8 Å². The van der Waals surface area contributed by atoms with E-state index in [1.165, 1.54) is 21.6 Å². The fraction of sp³-hybridized carbons (Fsp3) is 0.700. The molecule has 0 aromatic heterocycles. The Morgan fingerprint density at radius 2 is 1.63 bits per heavy atom. The van der Waals surface area contributed by atoms with Gasteiger partial charge in [-0.15, -0.1) is 0 Å². The maximum atomic E-state index is 11.4. The van der Waals surface area contributed by atoms with Crippen LogP contribution in [0.3, 0.4) is 0 Å². The second-order valence-electron chi connectivity index (χ2n) is 4.07. The summed E-state index contributed by atoms with van der Waals surface area (Å²) in [6.45, 7) is 3.34. The van der Waals surface area contributed by atoms with Crippen molar-refractivity contribution in [2.45, 2.75) is 25.9 Å². The lowest BCUT2D eigenvalue weighted by molar-refractivity contribution is -0.141. The van der Waals surface area contributed by atoms with Gasteiger partial charge in [-0.05, 0) is 0 Å². The van der Waals surface area contributed by atoms with Crippen LogP contribution in [0.5, 0.6) is 0 Å². The molecule has 0 spiro atoms. The Morgan fingerprint density at radius 1 is 1.11 bits per heavy atom. The minimum absolute atomic E-state index is 0.144. The molecular weight excluding hydrogens is 292 g/mol. The highest BCUT2D eigenvalue weighted by molar-refractivity contribution is 8.76. The Labute approximate surface area is 119 Å². The molecular formula is C10H18N2O5S2. The molecule has 19 heavy (non-hydrogen) atoms. The Kier molecular flexibility index (Phi) is 8.61. The number of amides is 1. The van der Waals surface area contributed by atoms with Crippen LogP contribution in [0.1, 0.15) is 13.8 Å². The third kappa shape index (κ3) is 7.96. The quantitative estimate of drug-likeness (QED) is 0.346. The van der Waals surface area contributed by atoms with Crippen LogP contribution in [0, 0.1) is 5.92 Å². The molecule has 0 saturated carbocycles. The van der Waals surface area contributed by atoms with Crippen molar-refractivity contribution in [3.63, 3.8) is 0 Å². The lowest BCUT2D eigenvalue weighted by Crippen LogP contribution is -2.44.